The maximum Gasteiger partial charge on any atom is 0.416 e. The van der Waals surface area contributed by atoms with Crippen molar-refractivity contribution in [2.24, 2.45) is 5.92 Å². The van der Waals surface area contributed by atoms with E-state index in [4.69, 9.17) is 0 Å². The molecule has 0 aliphatic heterocycles. The molecule has 1 aliphatic rings. The molecule has 0 bridgehead atoms. The molecule has 1 N–H and O–H groups in total. The van der Waals surface area contributed by atoms with E-state index >= 15 is 0 Å². The van der Waals surface area contributed by atoms with E-state index in [1.807, 2.05) is 0 Å². The summed E-state index contributed by atoms with van der Waals surface area (Å²) in [6.07, 6.45) is 1.89. The van der Waals surface area contributed by atoms with Crippen LogP contribution in [0.5, 0.6) is 0 Å². The van der Waals surface area contributed by atoms with Crippen molar-refractivity contribution in [1.29, 1.82) is 0 Å². The fourth-order valence-electron chi connectivity index (χ4n) is 2.46. The van der Waals surface area contributed by atoms with Gasteiger partial charge in [0.2, 0.25) is 0 Å². The number of hydrogen-bond donors (Lipinski definition) is 1. The van der Waals surface area contributed by atoms with E-state index in [2.05, 4.69) is 5.32 Å². The quantitative estimate of drug-likeness (QED) is 0.827. The third-order valence-electron chi connectivity index (χ3n) is 3.51. The van der Waals surface area contributed by atoms with E-state index < -0.39 is 11.7 Å². The molecule has 4 heteroatoms. The molecule has 0 heterocycles. The summed E-state index contributed by atoms with van der Waals surface area (Å²) in [5.41, 5.74) is -0.0217. The van der Waals surface area contributed by atoms with Crippen molar-refractivity contribution in [3.8, 4) is 0 Å². The van der Waals surface area contributed by atoms with Crippen molar-refractivity contribution < 1.29 is 13.2 Å². The number of anilines is 1. The van der Waals surface area contributed by atoms with Crippen molar-refractivity contribution in [3.05, 3.63) is 29.8 Å². The summed E-state index contributed by atoms with van der Waals surface area (Å²) < 4.78 is 37.6. The molecule has 0 aromatic heterocycles. The average Bonchev–Trinajstić information content (AvgIpc) is 2.37. The van der Waals surface area contributed by atoms with E-state index in [0.29, 0.717) is 11.6 Å². The lowest BCUT2D eigenvalue weighted by Crippen LogP contribution is -2.17. The van der Waals surface area contributed by atoms with E-state index in [0.717, 1.165) is 12.6 Å². The lowest BCUT2D eigenvalue weighted by molar-refractivity contribution is -0.137. The number of alkyl halides is 3. The highest BCUT2D eigenvalue weighted by Crippen LogP contribution is 2.31. The number of benzene rings is 1. The summed E-state index contributed by atoms with van der Waals surface area (Å²) in [7, 11) is 0. The van der Waals surface area contributed by atoms with Gasteiger partial charge in [-0.3, -0.25) is 0 Å². The van der Waals surface area contributed by atoms with Crippen LogP contribution in [0.15, 0.2) is 24.3 Å². The van der Waals surface area contributed by atoms with Crippen LogP contribution in [0.3, 0.4) is 0 Å². The fraction of sp³-hybridized carbons (Fsp3) is 0.571. The van der Waals surface area contributed by atoms with Gasteiger partial charge >= 0.3 is 6.18 Å². The maximum atomic E-state index is 12.5. The first-order valence-electron chi connectivity index (χ1n) is 6.47. The van der Waals surface area contributed by atoms with Gasteiger partial charge in [-0.25, -0.2) is 0 Å². The summed E-state index contributed by atoms with van der Waals surface area (Å²) in [4.78, 5) is 0. The molecule has 0 radical (unpaired) electrons. The molecule has 1 fully saturated rings. The summed E-state index contributed by atoms with van der Waals surface area (Å²) in [5.74, 6) is 0.605. The summed E-state index contributed by atoms with van der Waals surface area (Å²) >= 11 is 0. The molecule has 0 spiro atoms. The summed E-state index contributed by atoms with van der Waals surface area (Å²) in [6, 6.07) is 5.43. The average molecular weight is 257 g/mol. The Morgan fingerprint density at radius 2 is 1.83 bits per heavy atom. The first-order chi connectivity index (χ1) is 8.55. The zero-order valence-electron chi connectivity index (χ0n) is 10.3. The van der Waals surface area contributed by atoms with E-state index in [1.165, 1.54) is 44.2 Å². The van der Waals surface area contributed by atoms with Crippen LogP contribution >= 0.6 is 0 Å². The minimum Gasteiger partial charge on any atom is -0.385 e. The standard InChI is InChI=1S/C14H18F3N/c15-14(16,17)12-7-4-8-13(9-12)18-10-11-5-2-1-3-6-11/h4,7-9,11,18H,1-3,5-6,10H2. The predicted octanol–water partition coefficient (Wildman–Crippen LogP) is 4.70. The lowest BCUT2D eigenvalue weighted by atomic mass is 9.89. The normalized spacial score (nSPS) is 17.7. The Bertz CT molecular complexity index is 381. The van der Waals surface area contributed by atoms with Crippen LogP contribution in [0.2, 0.25) is 0 Å². The van der Waals surface area contributed by atoms with Crippen LogP contribution in [0.4, 0.5) is 18.9 Å². The first-order valence-corrected chi connectivity index (χ1v) is 6.47. The monoisotopic (exact) mass is 257 g/mol. The largest absolute Gasteiger partial charge is 0.416 e. The van der Waals surface area contributed by atoms with Crippen molar-refractivity contribution >= 4 is 5.69 Å². The van der Waals surface area contributed by atoms with Gasteiger partial charge < -0.3 is 5.32 Å². The van der Waals surface area contributed by atoms with E-state index in [1.54, 1.807) is 6.07 Å². The van der Waals surface area contributed by atoms with Gasteiger partial charge in [0.25, 0.3) is 0 Å². The Labute approximate surface area is 105 Å². The molecule has 1 aromatic carbocycles. The highest BCUT2D eigenvalue weighted by molar-refractivity contribution is 5.46. The van der Waals surface area contributed by atoms with E-state index in [-0.39, 0.29) is 0 Å². The second-order valence-electron chi connectivity index (χ2n) is 4.96. The smallest absolute Gasteiger partial charge is 0.385 e. The third-order valence-corrected chi connectivity index (χ3v) is 3.51. The number of rotatable bonds is 3. The van der Waals surface area contributed by atoms with Gasteiger partial charge in [-0.1, -0.05) is 25.3 Å². The Balaban J connectivity index is 1.92. The molecular formula is C14H18F3N. The highest BCUT2D eigenvalue weighted by Gasteiger charge is 2.30. The molecular weight excluding hydrogens is 239 g/mol. The molecule has 2 rings (SSSR count). The van der Waals surface area contributed by atoms with Crippen molar-refractivity contribution in [3.63, 3.8) is 0 Å². The zero-order valence-corrected chi connectivity index (χ0v) is 10.3. The molecule has 1 saturated carbocycles. The van der Waals surface area contributed by atoms with Crippen LogP contribution in [-0.4, -0.2) is 6.54 Å². The second-order valence-corrected chi connectivity index (χ2v) is 4.96. The fourth-order valence-corrected chi connectivity index (χ4v) is 2.46. The first kappa shape index (κ1) is 13.2. The van der Waals surface area contributed by atoms with Crippen molar-refractivity contribution in [1.82, 2.24) is 0 Å². The predicted molar refractivity (Wildman–Crippen MR) is 66.5 cm³/mol. The highest BCUT2D eigenvalue weighted by atomic mass is 19.4. The SMILES string of the molecule is FC(F)(F)c1cccc(NCC2CCCCC2)c1. The van der Waals surface area contributed by atoms with Gasteiger partial charge in [0, 0.05) is 12.2 Å². The number of nitrogens with one attached hydrogen (secondary N) is 1. The Kier molecular flexibility index (Phi) is 4.15. The Morgan fingerprint density at radius 3 is 2.50 bits per heavy atom. The van der Waals surface area contributed by atoms with Crippen molar-refractivity contribution in [2.75, 3.05) is 11.9 Å². The minimum absolute atomic E-state index is 0.565. The molecule has 0 saturated heterocycles. The second kappa shape index (κ2) is 5.63. The van der Waals surface area contributed by atoms with Gasteiger partial charge in [0.1, 0.15) is 0 Å². The topological polar surface area (TPSA) is 12.0 Å². The van der Waals surface area contributed by atoms with Gasteiger partial charge in [-0.15, -0.1) is 0 Å². The minimum atomic E-state index is -4.26. The van der Waals surface area contributed by atoms with Crippen LogP contribution in [-0.2, 0) is 6.18 Å². The Hall–Kier alpha value is -1.19. The van der Waals surface area contributed by atoms with Crippen LogP contribution in [0, 0.1) is 5.92 Å². The molecule has 0 amide bonds. The van der Waals surface area contributed by atoms with E-state index in [9.17, 15) is 13.2 Å². The Morgan fingerprint density at radius 1 is 1.11 bits per heavy atom. The van der Waals surface area contributed by atoms with Crippen LogP contribution in [0.1, 0.15) is 37.7 Å². The van der Waals surface area contributed by atoms with Crippen molar-refractivity contribution in [2.45, 2.75) is 38.3 Å². The summed E-state index contributed by atoms with van der Waals surface area (Å²) in [6.45, 7) is 0.779. The van der Waals surface area contributed by atoms with Gasteiger partial charge in [0.15, 0.2) is 0 Å². The third kappa shape index (κ3) is 3.65. The maximum absolute atomic E-state index is 12.5. The van der Waals surface area contributed by atoms with Gasteiger partial charge in [-0.2, -0.15) is 13.2 Å². The van der Waals surface area contributed by atoms with Gasteiger partial charge in [-0.05, 0) is 37.0 Å². The van der Waals surface area contributed by atoms with Crippen LogP contribution in [0.25, 0.3) is 0 Å². The molecule has 0 atom stereocenters. The van der Waals surface area contributed by atoms with Crippen LogP contribution < -0.4 is 5.32 Å². The molecule has 1 aliphatic carbocycles. The molecule has 1 nitrogen and oxygen atoms in total. The van der Waals surface area contributed by atoms with Gasteiger partial charge in [0.05, 0.1) is 5.56 Å². The molecule has 100 valence electrons. The molecule has 0 unspecified atom stereocenters. The lowest BCUT2D eigenvalue weighted by Gasteiger charge is -2.22. The number of halogens is 3. The summed E-state index contributed by atoms with van der Waals surface area (Å²) in [5, 5.41) is 3.13. The molecule has 18 heavy (non-hydrogen) atoms. The number of hydrogen-bond acceptors (Lipinski definition) is 1. The molecule has 1 aromatic rings. The zero-order chi connectivity index (χ0) is 13.0.